The van der Waals surface area contributed by atoms with Crippen molar-refractivity contribution in [1.82, 2.24) is 0 Å². The molecular formula is C13H27NO. The van der Waals surface area contributed by atoms with Crippen LogP contribution in [0.4, 0.5) is 0 Å². The topological polar surface area (TPSA) is 43.1 Å². The molecule has 0 aliphatic carbocycles. The fourth-order valence-corrected chi connectivity index (χ4v) is 2.29. The van der Waals surface area contributed by atoms with E-state index in [-0.39, 0.29) is 11.3 Å². The zero-order valence-corrected chi connectivity index (χ0v) is 11.3. The van der Waals surface area contributed by atoms with Crippen LogP contribution in [-0.2, 0) is 4.79 Å². The fourth-order valence-electron chi connectivity index (χ4n) is 2.29. The van der Waals surface area contributed by atoms with Crippen molar-refractivity contribution < 1.29 is 4.79 Å². The summed E-state index contributed by atoms with van der Waals surface area (Å²) in [7, 11) is 0. The van der Waals surface area contributed by atoms with Crippen LogP contribution in [0.3, 0.4) is 0 Å². The van der Waals surface area contributed by atoms with E-state index in [1.54, 1.807) is 0 Å². The van der Waals surface area contributed by atoms with E-state index >= 15 is 0 Å². The van der Waals surface area contributed by atoms with Crippen molar-refractivity contribution in [2.45, 2.75) is 54.9 Å². The second kappa shape index (κ2) is 4.54. The molecule has 1 amide bonds. The van der Waals surface area contributed by atoms with E-state index in [1.165, 1.54) is 0 Å². The molecule has 0 fully saturated rings. The van der Waals surface area contributed by atoms with Gasteiger partial charge in [-0.3, -0.25) is 4.79 Å². The lowest BCUT2D eigenvalue weighted by Gasteiger charge is -2.39. The molecule has 0 saturated heterocycles. The van der Waals surface area contributed by atoms with Gasteiger partial charge in [-0.05, 0) is 23.7 Å². The quantitative estimate of drug-likeness (QED) is 0.748. The van der Waals surface area contributed by atoms with Crippen LogP contribution in [-0.4, -0.2) is 5.91 Å². The summed E-state index contributed by atoms with van der Waals surface area (Å²) in [4.78, 5) is 11.3. The zero-order chi connectivity index (χ0) is 12.4. The average molecular weight is 213 g/mol. The monoisotopic (exact) mass is 213 g/mol. The Kier molecular flexibility index (Phi) is 4.38. The first-order valence-electron chi connectivity index (χ1n) is 5.80. The Morgan fingerprint density at radius 3 is 1.80 bits per heavy atom. The number of primary amides is 1. The molecule has 15 heavy (non-hydrogen) atoms. The number of hydrogen-bond acceptors (Lipinski definition) is 1. The summed E-state index contributed by atoms with van der Waals surface area (Å²) >= 11 is 0. The number of carbonyl (C=O) groups is 1. The number of rotatable bonds is 5. The highest BCUT2D eigenvalue weighted by molar-refractivity contribution is 5.79. The summed E-state index contributed by atoms with van der Waals surface area (Å²) in [6.45, 7) is 15.0. The van der Waals surface area contributed by atoms with E-state index in [2.05, 4.69) is 34.6 Å². The van der Waals surface area contributed by atoms with Crippen LogP contribution in [0.25, 0.3) is 0 Å². The Morgan fingerprint density at radius 1 is 1.13 bits per heavy atom. The minimum absolute atomic E-state index is 0.146. The lowest BCUT2D eigenvalue weighted by atomic mass is 9.65. The highest BCUT2D eigenvalue weighted by Crippen LogP contribution is 2.41. The van der Waals surface area contributed by atoms with Gasteiger partial charge in [0.15, 0.2) is 0 Å². The van der Waals surface area contributed by atoms with Crippen LogP contribution in [0.2, 0.25) is 0 Å². The molecule has 2 N–H and O–H groups in total. The maximum absolute atomic E-state index is 11.3. The Labute approximate surface area is 94.6 Å². The molecule has 0 radical (unpaired) electrons. The molecule has 0 aromatic heterocycles. The van der Waals surface area contributed by atoms with Crippen molar-refractivity contribution in [3.05, 3.63) is 0 Å². The van der Waals surface area contributed by atoms with Gasteiger partial charge in [0.2, 0.25) is 5.91 Å². The predicted octanol–water partition coefficient (Wildman–Crippen LogP) is 3.21. The molecule has 1 atom stereocenters. The lowest BCUT2D eigenvalue weighted by molar-refractivity contribution is -0.128. The largest absolute Gasteiger partial charge is 0.369 e. The molecule has 0 aliphatic rings. The lowest BCUT2D eigenvalue weighted by Crippen LogP contribution is -2.39. The van der Waals surface area contributed by atoms with Crippen LogP contribution in [0.1, 0.15) is 54.9 Å². The highest BCUT2D eigenvalue weighted by Gasteiger charge is 2.37. The van der Waals surface area contributed by atoms with E-state index in [9.17, 15) is 4.79 Å². The Balaban J connectivity index is 4.70. The van der Waals surface area contributed by atoms with E-state index < -0.39 is 5.41 Å². The van der Waals surface area contributed by atoms with E-state index in [4.69, 9.17) is 5.73 Å². The first-order chi connectivity index (χ1) is 6.50. The molecule has 0 bridgehead atoms. The molecule has 0 aliphatic heterocycles. The molecule has 2 nitrogen and oxygen atoms in total. The SMILES string of the molecule is CC(C)C(C)C(C)(C)CC(C)(C)C(N)=O. The molecule has 0 aromatic rings. The van der Waals surface area contributed by atoms with E-state index in [1.807, 2.05) is 13.8 Å². The van der Waals surface area contributed by atoms with Gasteiger partial charge >= 0.3 is 0 Å². The fraction of sp³-hybridized carbons (Fsp3) is 0.923. The molecule has 0 rings (SSSR count). The van der Waals surface area contributed by atoms with Crippen molar-refractivity contribution in [2.75, 3.05) is 0 Å². The smallest absolute Gasteiger partial charge is 0.223 e. The molecule has 1 unspecified atom stereocenters. The first kappa shape index (κ1) is 14.5. The van der Waals surface area contributed by atoms with Crippen LogP contribution in [0, 0.1) is 22.7 Å². The normalized spacial score (nSPS) is 15.5. The van der Waals surface area contributed by atoms with Gasteiger partial charge < -0.3 is 5.73 Å². The van der Waals surface area contributed by atoms with Crippen molar-refractivity contribution in [2.24, 2.45) is 28.4 Å². The van der Waals surface area contributed by atoms with Gasteiger partial charge in [-0.15, -0.1) is 0 Å². The molecule has 0 heterocycles. The third kappa shape index (κ3) is 3.84. The Morgan fingerprint density at radius 2 is 1.53 bits per heavy atom. The van der Waals surface area contributed by atoms with Crippen molar-refractivity contribution >= 4 is 5.91 Å². The number of hydrogen-bond donors (Lipinski definition) is 1. The van der Waals surface area contributed by atoms with Gasteiger partial charge in [-0.1, -0.05) is 48.5 Å². The van der Waals surface area contributed by atoms with Gasteiger partial charge in [0, 0.05) is 5.41 Å². The summed E-state index contributed by atoms with van der Waals surface area (Å²) in [5, 5.41) is 0. The first-order valence-corrected chi connectivity index (χ1v) is 5.80. The van der Waals surface area contributed by atoms with Gasteiger partial charge in [0.05, 0.1) is 0 Å². The second-order valence-corrected chi connectivity index (χ2v) is 6.45. The molecule has 90 valence electrons. The summed E-state index contributed by atoms with van der Waals surface area (Å²) in [5.74, 6) is 1.01. The van der Waals surface area contributed by atoms with Gasteiger partial charge in [0.1, 0.15) is 0 Å². The van der Waals surface area contributed by atoms with Crippen LogP contribution in [0.5, 0.6) is 0 Å². The number of amides is 1. The molecule has 0 spiro atoms. The minimum Gasteiger partial charge on any atom is -0.369 e. The van der Waals surface area contributed by atoms with Crippen LogP contribution in [0.15, 0.2) is 0 Å². The van der Waals surface area contributed by atoms with E-state index in [0.717, 1.165) is 6.42 Å². The maximum Gasteiger partial charge on any atom is 0.223 e. The molecule has 2 heteroatoms. The Bertz CT molecular complexity index is 229. The Hall–Kier alpha value is -0.530. The summed E-state index contributed by atoms with van der Waals surface area (Å²) in [5.41, 5.74) is 5.15. The molecular weight excluding hydrogens is 186 g/mol. The van der Waals surface area contributed by atoms with Crippen LogP contribution >= 0.6 is 0 Å². The van der Waals surface area contributed by atoms with Crippen molar-refractivity contribution in [3.63, 3.8) is 0 Å². The van der Waals surface area contributed by atoms with Gasteiger partial charge in [0.25, 0.3) is 0 Å². The molecule has 0 aromatic carbocycles. The standard InChI is InChI=1S/C13H27NO/c1-9(2)10(3)12(4,5)8-13(6,7)11(14)15/h9-10H,8H2,1-7H3,(H2,14,15). The minimum atomic E-state index is -0.410. The third-order valence-corrected chi connectivity index (χ3v) is 3.80. The summed E-state index contributed by atoms with van der Waals surface area (Å²) in [6, 6.07) is 0. The van der Waals surface area contributed by atoms with E-state index in [0.29, 0.717) is 11.8 Å². The van der Waals surface area contributed by atoms with Crippen molar-refractivity contribution in [1.29, 1.82) is 0 Å². The second-order valence-electron chi connectivity index (χ2n) is 6.45. The van der Waals surface area contributed by atoms with Gasteiger partial charge in [-0.2, -0.15) is 0 Å². The van der Waals surface area contributed by atoms with Crippen LogP contribution < -0.4 is 5.73 Å². The number of carbonyl (C=O) groups excluding carboxylic acids is 1. The average Bonchev–Trinajstić information content (AvgIpc) is 2.00. The maximum atomic E-state index is 11.3. The highest BCUT2D eigenvalue weighted by atomic mass is 16.1. The van der Waals surface area contributed by atoms with Gasteiger partial charge in [-0.25, -0.2) is 0 Å². The zero-order valence-electron chi connectivity index (χ0n) is 11.3. The predicted molar refractivity (Wildman–Crippen MR) is 65.4 cm³/mol. The van der Waals surface area contributed by atoms with Crippen molar-refractivity contribution in [3.8, 4) is 0 Å². The number of nitrogens with two attached hydrogens (primary N) is 1. The third-order valence-electron chi connectivity index (χ3n) is 3.80. The summed E-state index contributed by atoms with van der Waals surface area (Å²) in [6.07, 6.45) is 0.842. The molecule has 0 saturated carbocycles. The summed E-state index contributed by atoms with van der Waals surface area (Å²) < 4.78 is 0.